The summed E-state index contributed by atoms with van der Waals surface area (Å²) in [4.78, 5) is 38.3. The average Bonchev–Trinajstić information content (AvgIpc) is 2.83. The molecule has 11 heteroatoms. The maximum atomic E-state index is 13.1. The Hall–Kier alpha value is -3.56. The summed E-state index contributed by atoms with van der Waals surface area (Å²) in [6.07, 6.45) is -6.21. The van der Waals surface area contributed by atoms with E-state index in [-0.39, 0.29) is 26.9 Å². The average molecular weight is 539 g/mol. The highest BCUT2D eigenvalue weighted by atomic mass is 35.5. The number of hydrogen-bond acceptors (Lipinski definition) is 4. The number of nitrogens with one attached hydrogen (secondary N) is 2. The molecule has 2 N–H and O–H groups in total. The zero-order valence-electron chi connectivity index (χ0n) is 18.6. The number of alkyl halides is 3. The number of hydrogen-bond donors (Lipinski definition) is 2. The molecule has 0 saturated carbocycles. The van der Waals surface area contributed by atoms with E-state index in [0.717, 1.165) is 12.1 Å². The lowest BCUT2D eigenvalue weighted by atomic mass is 10.1. The van der Waals surface area contributed by atoms with Crippen molar-refractivity contribution in [2.45, 2.75) is 25.2 Å². The summed E-state index contributed by atoms with van der Waals surface area (Å²) in [5.41, 5.74) is -0.952. The van der Waals surface area contributed by atoms with E-state index in [1.165, 1.54) is 31.2 Å². The van der Waals surface area contributed by atoms with Crippen molar-refractivity contribution < 1.29 is 32.3 Å². The Morgan fingerprint density at radius 3 is 2.17 bits per heavy atom. The molecule has 0 aliphatic rings. The van der Waals surface area contributed by atoms with E-state index in [2.05, 4.69) is 10.6 Å². The first-order valence-electron chi connectivity index (χ1n) is 10.5. The Kier molecular flexibility index (Phi) is 8.60. The molecule has 0 radical (unpaired) electrons. The minimum atomic E-state index is -4.66. The Bertz CT molecular complexity index is 1270. The lowest BCUT2D eigenvalue weighted by Crippen LogP contribution is -2.41. The lowest BCUT2D eigenvalue weighted by molar-refractivity contribution is -0.156. The second-order valence-electron chi connectivity index (χ2n) is 7.58. The second-order valence-corrected chi connectivity index (χ2v) is 8.40. The van der Waals surface area contributed by atoms with Crippen LogP contribution < -0.4 is 10.6 Å². The normalized spacial score (nSPS) is 12.8. The highest BCUT2D eigenvalue weighted by Crippen LogP contribution is 2.34. The topological polar surface area (TPSA) is 84.5 Å². The van der Waals surface area contributed by atoms with Crippen molar-refractivity contribution in [3.8, 4) is 0 Å². The fraction of sp³-hybridized carbons (Fsp3) is 0.160. The molecule has 3 aromatic rings. The van der Waals surface area contributed by atoms with Crippen LogP contribution in [-0.2, 0) is 20.5 Å². The summed E-state index contributed by atoms with van der Waals surface area (Å²) in [6, 6.07) is 15.3. The fourth-order valence-electron chi connectivity index (χ4n) is 3.09. The SMILES string of the molecule is C[C@H](NC(=O)c1ccccc1Cl)C(=O)OC(C(=O)Nc1cc(C(F)(F)F)ccc1Cl)c1ccccc1. The quantitative estimate of drug-likeness (QED) is 0.358. The van der Waals surface area contributed by atoms with Gasteiger partial charge in [-0.05, 0) is 37.3 Å². The number of benzene rings is 3. The molecule has 0 saturated heterocycles. The van der Waals surface area contributed by atoms with Crippen molar-refractivity contribution >= 4 is 46.7 Å². The molecule has 0 aliphatic carbocycles. The van der Waals surface area contributed by atoms with Crippen LogP contribution in [0, 0.1) is 0 Å². The van der Waals surface area contributed by atoms with Crippen LogP contribution in [0.5, 0.6) is 0 Å². The van der Waals surface area contributed by atoms with Crippen molar-refractivity contribution in [3.63, 3.8) is 0 Å². The molecular formula is C25H19Cl2F3N2O4. The van der Waals surface area contributed by atoms with Crippen LogP contribution >= 0.6 is 23.2 Å². The lowest BCUT2D eigenvalue weighted by Gasteiger charge is -2.21. The maximum absolute atomic E-state index is 13.1. The van der Waals surface area contributed by atoms with Crippen molar-refractivity contribution in [3.05, 3.63) is 99.5 Å². The van der Waals surface area contributed by atoms with Gasteiger partial charge >= 0.3 is 12.1 Å². The van der Waals surface area contributed by atoms with Gasteiger partial charge in [-0.25, -0.2) is 4.79 Å². The number of halogens is 5. The molecule has 0 heterocycles. The molecule has 6 nitrogen and oxygen atoms in total. The molecule has 188 valence electrons. The van der Waals surface area contributed by atoms with Crippen molar-refractivity contribution in [1.82, 2.24) is 5.32 Å². The highest BCUT2D eigenvalue weighted by molar-refractivity contribution is 6.34. The predicted octanol–water partition coefficient (Wildman–Crippen LogP) is 6.05. The van der Waals surface area contributed by atoms with Gasteiger partial charge in [-0.1, -0.05) is 65.7 Å². The van der Waals surface area contributed by atoms with Crippen LogP contribution in [0.1, 0.15) is 34.5 Å². The van der Waals surface area contributed by atoms with Gasteiger partial charge in [0.05, 0.1) is 26.9 Å². The Labute approximate surface area is 214 Å². The van der Waals surface area contributed by atoms with E-state index < -0.39 is 41.7 Å². The zero-order valence-corrected chi connectivity index (χ0v) is 20.1. The summed E-state index contributed by atoms with van der Waals surface area (Å²) >= 11 is 12.0. The van der Waals surface area contributed by atoms with E-state index in [1.807, 2.05) is 0 Å². The van der Waals surface area contributed by atoms with E-state index in [4.69, 9.17) is 27.9 Å². The minimum absolute atomic E-state index is 0.135. The molecule has 2 amide bonds. The van der Waals surface area contributed by atoms with Crippen LogP contribution in [-0.4, -0.2) is 23.8 Å². The third kappa shape index (κ3) is 6.77. The largest absolute Gasteiger partial charge is 0.446 e. The van der Waals surface area contributed by atoms with Crippen LogP contribution in [0.3, 0.4) is 0 Å². The van der Waals surface area contributed by atoms with E-state index in [1.54, 1.807) is 30.3 Å². The first-order chi connectivity index (χ1) is 17.0. The first kappa shape index (κ1) is 27.0. The Morgan fingerprint density at radius 1 is 0.889 bits per heavy atom. The summed E-state index contributed by atoms with van der Waals surface area (Å²) in [5, 5.41) is 4.76. The molecular weight excluding hydrogens is 520 g/mol. The number of carbonyl (C=O) groups is 3. The van der Waals surface area contributed by atoms with E-state index >= 15 is 0 Å². The number of anilines is 1. The molecule has 1 unspecified atom stereocenters. The summed E-state index contributed by atoms with van der Waals surface area (Å²) in [5.74, 6) is -2.54. The molecule has 3 aromatic carbocycles. The van der Waals surface area contributed by atoms with Gasteiger partial charge in [0.15, 0.2) is 0 Å². The molecule has 2 atom stereocenters. The van der Waals surface area contributed by atoms with E-state index in [0.29, 0.717) is 6.07 Å². The van der Waals surface area contributed by atoms with Gasteiger partial charge in [-0.2, -0.15) is 13.2 Å². The van der Waals surface area contributed by atoms with Gasteiger partial charge in [0.2, 0.25) is 6.10 Å². The molecule has 0 aromatic heterocycles. The van der Waals surface area contributed by atoms with Gasteiger partial charge in [0, 0.05) is 5.56 Å². The standard InChI is InChI=1S/C25H19Cl2F3N2O4/c1-14(31-22(33)17-9-5-6-10-18(17)26)24(35)36-21(15-7-3-2-4-8-15)23(34)32-20-13-16(25(28,29)30)11-12-19(20)27/h2-14,21H,1H3,(H,31,33)(H,32,34)/t14-,21?/m0/s1. The monoisotopic (exact) mass is 538 g/mol. The number of ether oxygens (including phenoxy) is 1. The van der Waals surface area contributed by atoms with Gasteiger partial charge in [0.1, 0.15) is 6.04 Å². The molecule has 0 bridgehead atoms. The summed E-state index contributed by atoms with van der Waals surface area (Å²) in [6.45, 7) is 1.35. The van der Waals surface area contributed by atoms with Crippen LogP contribution in [0.25, 0.3) is 0 Å². The van der Waals surface area contributed by atoms with Crippen LogP contribution in [0.15, 0.2) is 72.8 Å². The molecule has 0 spiro atoms. The number of esters is 1. The van der Waals surface area contributed by atoms with Crippen molar-refractivity contribution in [2.24, 2.45) is 0 Å². The fourth-order valence-corrected chi connectivity index (χ4v) is 3.48. The first-order valence-corrected chi connectivity index (χ1v) is 11.2. The summed E-state index contributed by atoms with van der Waals surface area (Å²) in [7, 11) is 0. The minimum Gasteiger partial charge on any atom is -0.446 e. The highest BCUT2D eigenvalue weighted by Gasteiger charge is 2.32. The van der Waals surface area contributed by atoms with E-state index in [9.17, 15) is 27.6 Å². The van der Waals surface area contributed by atoms with Gasteiger partial charge < -0.3 is 15.4 Å². The third-order valence-corrected chi connectivity index (χ3v) is 5.60. The van der Waals surface area contributed by atoms with Crippen LogP contribution in [0.2, 0.25) is 10.0 Å². The van der Waals surface area contributed by atoms with Gasteiger partial charge in [-0.15, -0.1) is 0 Å². The third-order valence-electron chi connectivity index (χ3n) is 4.95. The molecule has 0 aliphatic heterocycles. The maximum Gasteiger partial charge on any atom is 0.416 e. The van der Waals surface area contributed by atoms with Gasteiger partial charge in [0.25, 0.3) is 11.8 Å². The molecule has 0 fully saturated rings. The van der Waals surface area contributed by atoms with Gasteiger partial charge in [-0.3, -0.25) is 9.59 Å². The number of carbonyl (C=O) groups excluding carboxylic acids is 3. The Morgan fingerprint density at radius 2 is 1.53 bits per heavy atom. The predicted molar refractivity (Wildman–Crippen MR) is 129 cm³/mol. The molecule has 36 heavy (non-hydrogen) atoms. The van der Waals surface area contributed by atoms with Crippen molar-refractivity contribution in [1.29, 1.82) is 0 Å². The number of amides is 2. The Balaban J connectivity index is 1.80. The van der Waals surface area contributed by atoms with Crippen molar-refractivity contribution in [2.75, 3.05) is 5.32 Å². The second kappa shape index (κ2) is 11.5. The number of rotatable bonds is 7. The van der Waals surface area contributed by atoms with Crippen LogP contribution in [0.4, 0.5) is 18.9 Å². The summed E-state index contributed by atoms with van der Waals surface area (Å²) < 4.78 is 44.7. The molecule has 3 rings (SSSR count). The smallest absolute Gasteiger partial charge is 0.416 e. The zero-order chi connectivity index (χ0) is 26.5.